The minimum Gasteiger partial charge on any atom is -0.294 e. The Bertz CT molecular complexity index is 652. The van der Waals surface area contributed by atoms with Crippen LogP contribution in [0.25, 0.3) is 0 Å². The third-order valence-corrected chi connectivity index (χ3v) is 5.21. The molecular weight excluding hydrogens is 487 g/mol. The van der Waals surface area contributed by atoms with Crippen molar-refractivity contribution in [3.63, 3.8) is 0 Å². The first-order valence-electron chi connectivity index (χ1n) is 5.56. The number of benzene rings is 1. The third kappa shape index (κ3) is 3.28. The van der Waals surface area contributed by atoms with E-state index in [0.29, 0.717) is 12.0 Å². The Morgan fingerprint density at radius 3 is 2.68 bits per heavy atom. The van der Waals surface area contributed by atoms with Crippen molar-refractivity contribution in [1.29, 1.82) is 0 Å². The second kappa shape index (κ2) is 6.05. The van der Waals surface area contributed by atoms with Gasteiger partial charge in [-0.05, 0) is 63.6 Å². The minimum atomic E-state index is 0.0779. The highest BCUT2D eigenvalue weighted by Gasteiger charge is 2.17. The van der Waals surface area contributed by atoms with Crippen LogP contribution in [0.4, 0.5) is 0 Å². The number of hydrogen-bond acceptors (Lipinski definition) is 2. The van der Waals surface area contributed by atoms with E-state index in [0.717, 1.165) is 23.9 Å². The lowest BCUT2D eigenvalue weighted by Gasteiger charge is -2.06. The first-order valence-corrected chi connectivity index (χ1v) is 8.23. The predicted molar refractivity (Wildman–Crippen MR) is 90.5 cm³/mol. The van der Waals surface area contributed by atoms with E-state index in [4.69, 9.17) is 0 Å². The Morgan fingerprint density at radius 2 is 2.11 bits per heavy atom. The van der Waals surface area contributed by atoms with Crippen LogP contribution in [0.1, 0.15) is 21.7 Å². The van der Waals surface area contributed by atoms with E-state index in [2.05, 4.69) is 59.5 Å². The molecule has 1 aromatic heterocycles. The Morgan fingerprint density at radius 1 is 1.42 bits per heavy atom. The van der Waals surface area contributed by atoms with Gasteiger partial charge in [-0.25, -0.2) is 0 Å². The maximum atomic E-state index is 12.4. The third-order valence-electron chi connectivity index (χ3n) is 2.82. The van der Waals surface area contributed by atoms with Crippen LogP contribution in [0.2, 0.25) is 0 Å². The van der Waals surface area contributed by atoms with Gasteiger partial charge >= 0.3 is 0 Å². The first kappa shape index (κ1) is 15.2. The van der Waals surface area contributed by atoms with Crippen molar-refractivity contribution < 1.29 is 4.79 Å². The summed E-state index contributed by atoms with van der Waals surface area (Å²) < 4.78 is 4.53. The number of carbonyl (C=O) groups is 1. The molecule has 0 bridgehead atoms. The molecular formula is C13H11Br2IN2O. The maximum Gasteiger partial charge on any atom is 0.170 e. The van der Waals surface area contributed by atoms with Crippen LogP contribution in [0.15, 0.2) is 27.1 Å². The van der Waals surface area contributed by atoms with E-state index >= 15 is 0 Å². The Kier molecular flexibility index (Phi) is 4.84. The highest BCUT2D eigenvalue weighted by Crippen LogP contribution is 2.25. The van der Waals surface area contributed by atoms with Crippen molar-refractivity contribution in [1.82, 2.24) is 9.78 Å². The fourth-order valence-electron chi connectivity index (χ4n) is 1.83. The van der Waals surface area contributed by atoms with E-state index in [9.17, 15) is 4.79 Å². The van der Waals surface area contributed by atoms with Gasteiger partial charge in [-0.1, -0.05) is 15.9 Å². The van der Waals surface area contributed by atoms with Crippen molar-refractivity contribution in [3.05, 3.63) is 47.7 Å². The summed E-state index contributed by atoms with van der Waals surface area (Å²) >= 11 is 9.12. The Labute approximate surface area is 142 Å². The van der Waals surface area contributed by atoms with Crippen LogP contribution in [-0.4, -0.2) is 15.6 Å². The van der Waals surface area contributed by atoms with Crippen molar-refractivity contribution in [2.75, 3.05) is 0 Å². The molecule has 0 aliphatic rings. The molecule has 1 heterocycles. The van der Waals surface area contributed by atoms with Gasteiger partial charge in [0, 0.05) is 20.7 Å². The van der Waals surface area contributed by atoms with Gasteiger partial charge < -0.3 is 0 Å². The normalized spacial score (nSPS) is 10.8. The van der Waals surface area contributed by atoms with Gasteiger partial charge in [-0.3, -0.25) is 9.48 Å². The number of halogens is 3. The molecule has 0 amide bonds. The Balaban J connectivity index is 2.33. The predicted octanol–water partition coefficient (Wildman–Crippen LogP) is 4.28. The smallest absolute Gasteiger partial charge is 0.170 e. The second-order valence-corrected chi connectivity index (χ2v) is 7.09. The fraction of sp³-hybridized carbons (Fsp3) is 0.231. The lowest BCUT2D eigenvalue weighted by atomic mass is 10.1. The summed E-state index contributed by atoms with van der Waals surface area (Å²) in [6.07, 6.45) is 0.330. The molecule has 0 radical (unpaired) electrons. The van der Waals surface area contributed by atoms with Crippen LogP contribution in [0.5, 0.6) is 0 Å². The average Bonchev–Trinajstić information content (AvgIpc) is 2.59. The molecule has 0 fully saturated rings. The maximum absolute atomic E-state index is 12.4. The van der Waals surface area contributed by atoms with Crippen molar-refractivity contribution in [2.24, 2.45) is 7.05 Å². The number of rotatable bonds is 3. The molecule has 0 atom stereocenters. The van der Waals surface area contributed by atoms with Crippen LogP contribution in [0.3, 0.4) is 0 Å². The standard InChI is InChI=1S/C13H11Br2IN2O/c1-7-13(15)11(18(2)17-7)6-12(19)9-5-8(16)3-4-10(9)14/h3-5H,6H2,1-2H3. The van der Waals surface area contributed by atoms with Crippen LogP contribution in [0, 0.1) is 10.5 Å². The van der Waals surface area contributed by atoms with Gasteiger partial charge in [-0.15, -0.1) is 0 Å². The molecule has 0 saturated heterocycles. The zero-order chi connectivity index (χ0) is 14.2. The molecule has 2 rings (SSSR count). The Hall–Kier alpha value is -0.210. The summed E-state index contributed by atoms with van der Waals surface area (Å²) in [5.74, 6) is 0.0779. The summed E-state index contributed by atoms with van der Waals surface area (Å²) in [5.41, 5.74) is 2.50. The SMILES string of the molecule is Cc1nn(C)c(CC(=O)c2cc(I)ccc2Br)c1Br. The van der Waals surface area contributed by atoms with Crippen molar-refractivity contribution in [3.8, 4) is 0 Å². The molecule has 0 saturated carbocycles. The fourth-order valence-corrected chi connectivity index (χ4v) is 3.27. The second-order valence-electron chi connectivity index (χ2n) is 4.19. The van der Waals surface area contributed by atoms with Gasteiger partial charge in [0.1, 0.15) is 0 Å². The first-order chi connectivity index (χ1) is 8.90. The van der Waals surface area contributed by atoms with E-state index < -0.39 is 0 Å². The summed E-state index contributed by atoms with van der Waals surface area (Å²) in [6, 6.07) is 5.76. The van der Waals surface area contributed by atoms with Crippen molar-refractivity contribution >= 4 is 60.2 Å². The minimum absolute atomic E-state index is 0.0779. The average molecular weight is 498 g/mol. The molecule has 19 heavy (non-hydrogen) atoms. The topological polar surface area (TPSA) is 34.9 Å². The van der Waals surface area contributed by atoms with Gasteiger partial charge in [0.25, 0.3) is 0 Å². The molecule has 2 aromatic rings. The molecule has 1 aromatic carbocycles. The van der Waals surface area contributed by atoms with Crippen LogP contribution < -0.4 is 0 Å². The number of carbonyl (C=O) groups excluding carboxylic acids is 1. The largest absolute Gasteiger partial charge is 0.294 e. The molecule has 3 nitrogen and oxygen atoms in total. The van der Waals surface area contributed by atoms with Crippen LogP contribution in [-0.2, 0) is 13.5 Å². The number of nitrogens with zero attached hydrogens (tertiary/aromatic N) is 2. The van der Waals surface area contributed by atoms with Gasteiger partial charge in [0.05, 0.1) is 22.3 Å². The molecule has 0 aliphatic carbocycles. The molecule has 0 spiro atoms. The number of Topliss-reactive ketones (excluding diaryl/α,β-unsaturated/α-hetero) is 1. The highest BCUT2D eigenvalue weighted by molar-refractivity contribution is 14.1. The molecule has 0 unspecified atom stereocenters. The number of aryl methyl sites for hydroxylation is 2. The lowest BCUT2D eigenvalue weighted by Crippen LogP contribution is -2.09. The summed E-state index contributed by atoms with van der Waals surface area (Å²) in [7, 11) is 1.85. The van der Waals surface area contributed by atoms with Gasteiger partial charge in [0.15, 0.2) is 5.78 Å². The molecule has 0 aliphatic heterocycles. The van der Waals surface area contributed by atoms with E-state index in [1.165, 1.54) is 0 Å². The van der Waals surface area contributed by atoms with Gasteiger partial charge in [-0.2, -0.15) is 5.10 Å². The van der Waals surface area contributed by atoms with Crippen molar-refractivity contribution in [2.45, 2.75) is 13.3 Å². The zero-order valence-electron chi connectivity index (χ0n) is 10.4. The van der Waals surface area contributed by atoms with Gasteiger partial charge in [0.2, 0.25) is 0 Å². The summed E-state index contributed by atoms with van der Waals surface area (Å²) in [6.45, 7) is 1.92. The van der Waals surface area contributed by atoms with E-state index in [-0.39, 0.29) is 5.78 Å². The molecule has 100 valence electrons. The summed E-state index contributed by atoms with van der Waals surface area (Å²) in [5, 5.41) is 4.30. The van der Waals surface area contributed by atoms with E-state index in [1.807, 2.05) is 32.2 Å². The number of hydrogen-bond donors (Lipinski definition) is 0. The monoisotopic (exact) mass is 496 g/mol. The van der Waals surface area contributed by atoms with E-state index in [1.54, 1.807) is 4.68 Å². The quantitative estimate of drug-likeness (QED) is 0.468. The molecule has 0 N–H and O–H groups in total. The number of aromatic nitrogens is 2. The highest BCUT2D eigenvalue weighted by atomic mass is 127. The van der Waals surface area contributed by atoms with Crippen LogP contribution >= 0.6 is 54.5 Å². The summed E-state index contributed by atoms with van der Waals surface area (Å²) in [4.78, 5) is 12.4. The number of ketones is 1. The molecule has 6 heteroatoms. The zero-order valence-corrected chi connectivity index (χ0v) is 15.7. The lowest BCUT2D eigenvalue weighted by molar-refractivity contribution is 0.0990.